The van der Waals surface area contributed by atoms with Gasteiger partial charge in [-0.3, -0.25) is 9.48 Å². The highest BCUT2D eigenvalue weighted by atomic mass is 16.5. The van der Waals surface area contributed by atoms with Gasteiger partial charge in [-0.1, -0.05) is 0 Å². The molecule has 7 heteroatoms. The van der Waals surface area contributed by atoms with Gasteiger partial charge in [-0.05, 0) is 26.7 Å². The third-order valence-electron chi connectivity index (χ3n) is 5.70. The molecule has 0 aromatic carbocycles. The zero-order valence-corrected chi connectivity index (χ0v) is 15.0. The monoisotopic (exact) mass is 336 g/mol. The van der Waals surface area contributed by atoms with Crippen molar-refractivity contribution in [1.29, 1.82) is 0 Å². The highest BCUT2D eigenvalue weighted by Crippen LogP contribution is 2.42. The second-order valence-electron chi connectivity index (χ2n) is 7.03. The minimum Gasteiger partial charge on any atom is -0.377 e. The fraction of sp³-hybridized carbons (Fsp3) is 0.765. The number of amides is 1. The summed E-state index contributed by atoms with van der Waals surface area (Å²) in [6.45, 7) is 6.22. The first-order chi connectivity index (χ1) is 11.4. The van der Waals surface area contributed by atoms with Crippen molar-refractivity contribution < 1.29 is 14.3 Å². The summed E-state index contributed by atoms with van der Waals surface area (Å²) in [5.74, 6) is 0.179. The van der Waals surface area contributed by atoms with Gasteiger partial charge < -0.3 is 20.1 Å². The molecule has 2 fully saturated rings. The normalized spacial score (nSPS) is 30.3. The van der Waals surface area contributed by atoms with E-state index in [0.717, 1.165) is 17.0 Å². The third-order valence-corrected chi connectivity index (χ3v) is 5.70. The summed E-state index contributed by atoms with van der Waals surface area (Å²) in [5, 5.41) is 4.49. The molecule has 1 unspecified atom stereocenters. The van der Waals surface area contributed by atoms with Gasteiger partial charge in [0.1, 0.15) is 0 Å². The fourth-order valence-corrected chi connectivity index (χ4v) is 4.04. The molecular formula is C17H28N4O3. The summed E-state index contributed by atoms with van der Waals surface area (Å²) >= 11 is 0. The summed E-state index contributed by atoms with van der Waals surface area (Å²) in [4.78, 5) is 15.0. The largest absolute Gasteiger partial charge is 0.377 e. The number of aryl methyl sites for hydroxylation is 2. The van der Waals surface area contributed by atoms with Crippen LogP contribution in [0.2, 0.25) is 0 Å². The van der Waals surface area contributed by atoms with E-state index >= 15 is 0 Å². The third kappa shape index (κ3) is 2.74. The summed E-state index contributed by atoms with van der Waals surface area (Å²) in [5.41, 5.74) is 8.64. The maximum absolute atomic E-state index is 13.1. The lowest BCUT2D eigenvalue weighted by Gasteiger charge is -2.48. The van der Waals surface area contributed by atoms with Gasteiger partial charge >= 0.3 is 0 Å². The van der Waals surface area contributed by atoms with Crippen LogP contribution in [-0.4, -0.2) is 59.6 Å². The van der Waals surface area contributed by atoms with Crippen LogP contribution in [0.4, 0.5) is 0 Å². The van der Waals surface area contributed by atoms with Crippen molar-refractivity contribution in [2.24, 2.45) is 18.7 Å². The topological polar surface area (TPSA) is 82.6 Å². The van der Waals surface area contributed by atoms with E-state index in [0.29, 0.717) is 39.1 Å². The van der Waals surface area contributed by atoms with Crippen molar-refractivity contribution in [3.05, 3.63) is 17.0 Å². The Morgan fingerprint density at radius 2 is 2.17 bits per heavy atom. The van der Waals surface area contributed by atoms with E-state index in [9.17, 15) is 4.79 Å². The molecule has 1 saturated heterocycles. The Morgan fingerprint density at radius 1 is 1.46 bits per heavy atom. The van der Waals surface area contributed by atoms with Crippen LogP contribution in [0.3, 0.4) is 0 Å². The number of hydrogen-bond donors (Lipinski definition) is 1. The number of nitrogens with two attached hydrogens (primary N) is 1. The number of carbonyl (C=O) groups is 1. The van der Waals surface area contributed by atoms with Gasteiger partial charge in [0, 0.05) is 44.4 Å². The Labute approximate surface area is 143 Å². The van der Waals surface area contributed by atoms with Gasteiger partial charge in [-0.25, -0.2) is 0 Å². The predicted molar refractivity (Wildman–Crippen MR) is 89.5 cm³/mol. The lowest BCUT2D eigenvalue weighted by atomic mass is 9.70. The maximum atomic E-state index is 13.1. The van der Waals surface area contributed by atoms with Crippen LogP contribution in [0.25, 0.3) is 0 Å². The lowest BCUT2D eigenvalue weighted by Crippen LogP contribution is -2.57. The Morgan fingerprint density at radius 3 is 2.71 bits per heavy atom. The summed E-state index contributed by atoms with van der Waals surface area (Å²) in [7, 11) is 3.61. The molecule has 1 saturated carbocycles. The van der Waals surface area contributed by atoms with Gasteiger partial charge in [-0.15, -0.1) is 0 Å². The van der Waals surface area contributed by atoms with E-state index in [1.54, 1.807) is 7.11 Å². The van der Waals surface area contributed by atoms with E-state index in [2.05, 4.69) is 5.10 Å². The van der Waals surface area contributed by atoms with Crippen LogP contribution in [-0.2, 0) is 21.3 Å². The van der Waals surface area contributed by atoms with Gasteiger partial charge in [-0.2, -0.15) is 5.10 Å². The van der Waals surface area contributed by atoms with Crippen LogP contribution in [0, 0.1) is 19.8 Å². The van der Waals surface area contributed by atoms with Crippen LogP contribution in [0.1, 0.15) is 35.8 Å². The zero-order valence-electron chi connectivity index (χ0n) is 15.0. The van der Waals surface area contributed by atoms with E-state index < -0.39 is 0 Å². The number of morpholine rings is 1. The molecule has 2 aliphatic rings. The molecule has 1 aliphatic heterocycles. The zero-order chi connectivity index (χ0) is 17.5. The number of rotatable bonds is 4. The average molecular weight is 336 g/mol. The first-order valence-corrected chi connectivity index (χ1v) is 8.56. The smallest absolute Gasteiger partial charge is 0.226 e. The number of hydrogen-bond acceptors (Lipinski definition) is 5. The SMILES string of the molecule is COC1(CN)CC(C(=O)N2CCOCC2c2c(C)nn(C)c2C)C1. The molecule has 1 aromatic heterocycles. The molecule has 1 aliphatic carbocycles. The molecule has 2 N–H and O–H groups in total. The summed E-state index contributed by atoms with van der Waals surface area (Å²) < 4.78 is 13.1. The maximum Gasteiger partial charge on any atom is 0.226 e. The number of methoxy groups -OCH3 is 1. The summed E-state index contributed by atoms with van der Waals surface area (Å²) in [6, 6.07) is -0.0598. The van der Waals surface area contributed by atoms with Crippen molar-refractivity contribution >= 4 is 5.91 Å². The second kappa shape index (κ2) is 6.46. The van der Waals surface area contributed by atoms with Gasteiger partial charge in [0.25, 0.3) is 0 Å². The molecule has 0 spiro atoms. The molecular weight excluding hydrogens is 308 g/mol. The van der Waals surface area contributed by atoms with Crippen molar-refractivity contribution in [2.75, 3.05) is 33.4 Å². The number of aromatic nitrogens is 2. The standard InChI is InChI=1S/C17H28N4O3/c1-11-15(12(2)20(3)19-11)14-9-24-6-5-21(14)16(22)13-7-17(8-13,10-18)23-4/h13-14H,5-10,18H2,1-4H3. The Bertz CT molecular complexity index is 616. The molecule has 0 radical (unpaired) electrons. The first kappa shape index (κ1) is 17.4. The Balaban J connectivity index is 1.79. The van der Waals surface area contributed by atoms with Crippen molar-refractivity contribution in [2.45, 2.75) is 38.3 Å². The molecule has 3 rings (SSSR count). The highest BCUT2D eigenvalue weighted by Gasteiger charge is 2.49. The molecule has 7 nitrogen and oxygen atoms in total. The first-order valence-electron chi connectivity index (χ1n) is 8.56. The van der Waals surface area contributed by atoms with E-state index in [-0.39, 0.29) is 23.5 Å². The molecule has 2 heterocycles. The fourth-order valence-electron chi connectivity index (χ4n) is 4.04. The van der Waals surface area contributed by atoms with E-state index in [1.807, 2.05) is 30.5 Å². The Kier molecular flexibility index (Phi) is 4.68. The summed E-state index contributed by atoms with van der Waals surface area (Å²) in [6.07, 6.45) is 1.40. The van der Waals surface area contributed by atoms with E-state index in [1.165, 1.54) is 0 Å². The van der Waals surface area contributed by atoms with Crippen LogP contribution in [0.15, 0.2) is 0 Å². The number of nitrogens with zero attached hydrogens (tertiary/aromatic N) is 3. The van der Waals surface area contributed by atoms with Gasteiger partial charge in [0.2, 0.25) is 5.91 Å². The molecule has 1 atom stereocenters. The molecule has 0 bridgehead atoms. The predicted octanol–water partition coefficient (Wildman–Crippen LogP) is 0.691. The molecule has 134 valence electrons. The van der Waals surface area contributed by atoms with Crippen LogP contribution < -0.4 is 5.73 Å². The van der Waals surface area contributed by atoms with Gasteiger partial charge in [0.05, 0.1) is 30.6 Å². The molecule has 1 amide bonds. The minimum absolute atomic E-state index is 0.00798. The molecule has 1 aromatic rings. The van der Waals surface area contributed by atoms with Crippen LogP contribution >= 0.6 is 0 Å². The van der Waals surface area contributed by atoms with Crippen molar-refractivity contribution in [3.63, 3.8) is 0 Å². The average Bonchev–Trinajstić information content (AvgIpc) is 2.80. The quantitative estimate of drug-likeness (QED) is 0.875. The lowest BCUT2D eigenvalue weighted by molar-refractivity contribution is -0.162. The second-order valence-corrected chi connectivity index (χ2v) is 7.03. The number of carbonyl (C=O) groups excluding carboxylic acids is 1. The Hall–Kier alpha value is -1.44. The van der Waals surface area contributed by atoms with E-state index in [4.69, 9.17) is 15.2 Å². The highest BCUT2D eigenvalue weighted by molar-refractivity contribution is 5.81. The van der Waals surface area contributed by atoms with Gasteiger partial charge in [0.15, 0.2) is 0 Å². The van der Waals surface area contributed by atoms with Crippen molar-refractivity contribution in [1.82, 2.24) is 14.7 Å². The molecule has 24 heavy (non-hydrogen) atoms. The van der Waals surface area contributed by atoms with Crippen molar-refractivity contribution in [3.8, 4) is 0 Å². The minimum atomic E-state index is -0.317. The number of ether oxygens (including phenoxy) is 2. The van der Waals surface area contributed by atoms with Crippen LogP contribution in [0.5, 0.6) is 0 Å².